The minimum absolute atomic E-state index is 0.0827. The number of esters is 1. The van der Waals surface area contributed by atoms with E-state index in [0.29, 0.717) is 5.57 Å². The van der Waals surface area contributed by atoms with Crippen LogP contribution in [0.25, 0.3) is 0 Å². The Morgan fingerprint density at radius 3 is 2.50 bits per heavy atom. The van der Waals surface area contributed by atoms with E-state index in [2.05, 4.69) is 4.74 Å². The third-order valence-electron chi connectivity index (χ3n) is 4.85. The molecule has 0 aromatic carbocycles. The van der Waals surface area contributed by atoms with Crippen LogP contribution >= 0.6 is 7.82 Å². The summed E-state index contributed by atoms with van der Waals surface area (Å²) in [6, 6.07) is 0. The van der Waals surface area contributed by atoms with Crippen molar-refractivity contribution in [2.75, 3.05) is 6.61 Å². The number of phosphoric acid groups is 1. The van der Waals surface area contributed by atoms with E-state index < -0.39 is 61.4 Å². The van der Waals surface area contributed by atoms with Gasteiger partial charge in [-0.2, -0.15) is 0 Å². The van der Waals surface area contributed by atoms with E-state index in [1.807, 2.05) is 33.8 Å². The van der Waals surface area contributed by atoms with E-state index in [-0.39, 0.29) is 6.42 Å². The van der Waals surface area contributed by atoms with Gasteiger partial charge in [0.05, 0.1) is 6.61 Å². The van der Waals surface area contributed by atoms with E-state index in [9.17, 15) is 29.3 Å². The molecule has 168 valence electrons. The Morgan fingerprint density at radius 1 is 1.37 bits per heavy atom. The molecule has 0 radical (unpaired) electrons. The number of hydrogen-bond acceptors (Lipinski definition) is 9. The maximum atomic E-state index is 12.7. The second-order valence-corrected chi connectivity index (χ2v) is 9.49. The maximum absolute atomic E-state index is 12.7. The van der Waals surface area contributed by atoms with Gasteiger partial charge >= 0.3 is 13.8 Å². The van der Waals surface area contributed by atoms with Crippen molar-refractivity contribution >= 4 is 19.6 Å². The van der Waals surface area contributed by atoms with Gasteiger partial charge in [0, 0.05) is 0 Å². The molecular weight excluding hydrogens is 419 g/mol. The first-order valence-electron chi connectivity index (χ1n) is 9.24. The van der Waals surface area contributed by atoms with Crippen molar-refractivity contribution in [3.8, 4) is 0 Å². The van der Waals surface area contributed by atoms with Gasteiger partial charge in [-0.25, -0.2) is 9.36 Å². The Hall–Kier alpha value is -1.97. The van der Waals surface area contributed by atoms with Crippen LogP contribution in [-0.2, 0) is 27.9 Å². The summed E-state index contributed by atoms with van der Waals surface area (Å²) < 4.78 is 27.0. The highest BCUT2D eigenvalue weighted by atomic mass is 31.2. The lowest BCUT2D eigenvalue weighted by atomic mass is 9.70. The molecule has 4 unspecified atom stereocenters. The summed E-state index contributed by atoms with van der Waals surface area (Å²) in [5, 5.41) is 28.5. The second kappa shape index (κ2) is 8.64. The highest BCUT2D eigenvalue weighted by Gasteiger charge is 2.47. The topological polar surface area (TPSA) is 160 Å². The van der Waals surface area contributed by atoms with E-state index in [4.69, 9.17) is 14.2 Å². The van der Waals surface area contributed by atoms with Gasteiger partial charge in [0.2, 0.25) is 11.5 Å². The largest absolute Gasteiger partial charge is 0.528 e. The molecule has 11 heteroatoms. The number of cyclic esters (lactones) is 1. The SMILES string of the molecule is CC(C)=CC1=C(C)C(=O)C(OP(=O)(O)OC2=C(O)C(=O)OC2C(O)CO)CC1(C)C. The normalized spacial score (nSPS) is 26.9. The predicted octanol–water partition coefficient (Wildman–Crippen LogP) is 1.82. The molecule has 30 heavy (non-hydrogen) atoms. The number of Topliss-reactive ketones (excluding diaryl/α,β-unsaturated/α-hetero) is 1. The lowest BCUT2D eigenvalue weighted by Crippen LogP contribution is -2.37. The van der Waals surface area contributed by atoms with Crippen molar-refractivity contribution in [2.45, 2.75) is 59.4 Å². The molecule has 4 atom stereocenters. The first kappa shape index (κ1) is 24.3. The summed E-state index contributed by atoms with van der Waals surface area (Å²) in [4.78, 5) is 34.4. The standard InChI is InChI=1S/C19H27O10P/c1-9(2)6-11-10(3)14(22)13(7-19(11,4)5)28-30(25,26)29-17-15(23)18(24)27-16(17)12(21)8-20/h6,12-13,16,20-21,23H,7-8H2,1-5H3,(H,25,26). The average molecular weight is 446 g/mol. The minimum atomic E-state index is -5.03. The number of rotatable bonds is 7. The molecule has 10 nitrogen and oxygen atoms in total. The smallest absolute Gasteiger partial charge is 0.499 e. The molecule has 0 aromatic rings. The average Bonchev–Trinajstić information content (AvgIpc) is 2.90. The van der Waals surface area contributed by atoms with Gasteiger partial charge < -0.3 is 24.6 Å². The molecule has 1 aliphatic heterocycles. The number of ketones is 1. The zero-order valence-electron chi connectivity index (χ0n) is 17.4. The number of ether oxygens (including phenoxy) is 1. The van der Waals surface area contributed by atoms with E-state index in [1.54, 1.807) is 6.92 Å². The third-order valence-corrected chi connectivity index (χ3v) is 5.80. The molecule has 0 spiro atoms. The van der Waals surface area contributed by atoms with Gasteiger partial charge in [-0.1, -0.05) is 25.5 Å². The lowest BCUT2D eigenvalue weighted by Gasteiger charge is -2.37. The van der Waals surface area contributed by atoms with Crippen molar-refractivity contribution in [2.24, 2.45) is 5.41 Å². The molecule has 2 rings (SSSR count). The molecule has 0 bridgehead atoms. The van der Waals surface area contributed by atoms with Crippen LogP contribution in [0.2, 0.25) is 0 Å². The number of hydrogen-bond donors (Lipinski definition) is 4. The summed E-state index contributed by atoms with van der Waals surface area (Å²) in [5.41, 5.74) is 1.61. The van der Waals surface area contributed by atoms with Crippen LogP contribution in [0.15, 0.2) is 34.3 Å². The monoisotopic (exact) mass is 446 g/mol. The number of carbonyl (C=O) groups excluding carboxylic acids is 2. The van der Waals surface area contributed by atoms with E-state index in [0.717, 1.165) is 11.1 Å². The first-order chi connectivity index (χ1) is 13.7. The summed E-state index contributed by atoms with van der Waals surface area (Å²) >= 11 is 0. The molecule has 1 heterocycles. The van der Waals surface area contributed by atoms with Gasteiger partial charge in [0.1, 0.15) is 12.2 Å². The number of carbonyl (C=O) groups is 2. The Morgan fingerprint density at radius 2 is 1.97 bits per heavy atom. The summed E-state index contributed by atoms with van der Waals surface area (Å²) in [5.74, 6) is -3.79. The fourth-order valence-electron chi connectivity index (χ4n) is 3.44. The van der Waals surface area contributed by atoms with Crippen LogP contribution in [-0.4, -0.2) is 56.9 Å². The van der Waals surface area contributed by atoms with Crippen molar-refractivity contribution < 1.29 is 48.2 Å². The molecule has 0 amide bonds. The fraction of sp³-hybridized carbons (Fsp3) is 0.579. The van der Waals surface area contributed by atoms with Crippen molar-refractivity contribution in [3.63, 3.8) is 0 Å². The Kier molecular flexibility index (Phi) is 7.00. The van der Waals surface area contributed by atoms with Gasteiger partial charge in [-0.3, -0.25) is 14.2 Å². The lowest BCUT2D eigenvalue weighted by molar-refractivity contribution is -0.147. The number of phosphoric ester groups is 1. The molecule has 0 saturated carbocycles. The molecule has 2 aliphatic rings. The summed E-state index contributed by atoms with van der Waals surface area (Å²) in [6.07, 6.45) is -2.76. The number of aliphatic hydroxyl groups is 3. The Balaban J connectivity index is 2.28. The zero-order valence-corrected chi connectivity index (χ0v) is 18.3. The van der Waals surface area contributed by atoms with Crippen LogP contribution in [0.5, 0.6) is 0 Å². The van der Waals surface area contributed by atoms with Gasteiger partial charge in [-0.05, 0) is 43.8 Å². The zero-order chi connectivity index (χ0) is 23.0. The quantitative estimate of drug-likeness (QED) is 0.335. The molecule has 0 aromatic heterocycles. The van der Waals surface area contributed by atoms with Crippen molar-refractivity contribution in [3.05, 3.63) is 34.3 Å². The second-order valence-electron chi connectivity index (χ2n) is 8.16. The van der Waals surface area contributed by atoms with Gasteiger partial charge in [-0.15, -0.1) is 0 Å². The first-order valence-corrected chi connectivity index (χ1v) is 10.7. The Bertz CT molecular complexity index is 878. The van der Waals surface area contributed by atoms with Crippen molar-refractivity contribution in [1.29, 1.82) is 0 Å². The molecule has 0 saturated heterocycles. The van der Waals surface area contributed by atoms with Crippen LogP contribution < -0.4 is 0 Å². The molecule has 0 fully saturated rings. The van der Waals surface area contributed by atoms with Gasteiger partial charge in [0.15, 0.2) is 11.9 Å². The molecule has 4 N–H and O–H groups in total. The van der Waals surface area contributed by atoms with Gasteiger partial charge in [0.25, 0.3) is 0 Å². The van der Waals surface area contributed by atoms with Crippen LogP contribution in [0, 0.1) is 5.41 Å². The highest BCUT2D eigenvalue weighted by molar-refractivity contribution is 7.47. The Labute approximate surface area is 174 Å². The van der Waals surface area contributed by atoms with E-state index >= 15 is 0 Å². The third kappa shape index (κ3) is 5.01. The summed E-state index contributed by atoms with van der Waals surface area (Å²) in [7, 11) is -5.03. The molecule has 1 aliphatic carbocycles. The van der Waals surface area contributed by atoms with Crippen molar-refractivity contribution in [1.82, 2.24) is 0 Å². The molecular formula is C19H27O10P. The number of allylic oxidation sites excluding steroid dienone is 3. The highest BCUT2D eigenvalue weighted by Crippen LogP contribution is 2.52. The van der Waals surface area contributed by atoms with Crippen LogP contribution in [0.1, 0.15) is 41.0 Å². The number of aliphatic hydroxyl groups excluding tert-OH is 3. The predicted molar refractivity (Wildman–Crippen MR) is 104 cm³/mol. The van der Waals surface area contributed by atoms with E-state index in [1.165, 1.54) is 0 Å². The van der Waals surface area contributed by atoms with Crippen LogP contribution in [0.4, 0.5) is 0 Å². The maximum Gasteiger partial charge on any atom is 0.528 e. The van der Waals surface area contributed by atoms with Crippen LogP contribution in [0.3, 0.4) is 0 Å². The fourth-order valence-corrected chi connectivity index (χ4v) is 4.41. The minimum Gasteiger partial charge on any atom is -0.499 e. The summed E-state index contributed by atoms with van der Waals surface area (Å²) in [6.45, 7) is 8.23.